The molecular weight excluding hydrogens is 548 g/mol. The van der Waals surface area contributed by atoms with Crippen LogP contribution in [0.2, 0.25) is 0 Å². The molecule has 3 atom stereocenters. The highest BCUT2D eigenvalue weighted by Gasteiger charge is 2.58. The third-order valence-corrected chi connectivity index (χ3v) is 7.96. The largest absolute Gasteiger partial charge is 0.481 e. The first-order valence-electron chi connectivity index (χ1n) is 13.7. The molecule has 0 amide bonds. The standard InChI is InChI=1S/C29H38N4O9/c1-20-25(27(35)41-4)26(22-9-8-10-23(17-22)33(38)39)29(28(36)37,21(2)32(20)19-40-3)12-16-42-24(34)11-6-5-7-14-31-15-13-30-18-31/h8-10,13,15,17-18,21,26H,5-7,11-12,14,16,19H2,1-4H3,(H,36,37). The summed E-state index contributed by atoms with van der Waals surface area (Å²) in [5.41, 5.74) is -1.27. The predicted molar refractivity (Wildman–Crippen MR) is 150 cm³/mol. The third kappa shape index (κ3) is 6.96. The first kappa shape index (κ1) is 32.3. The van der Waals surface area contributed by atoms with Gasteiger partial charge in [0.25, 0.3) is 5.69 Å². The van der Waals surface area contributed by atoms with Gasteiger partial charge in [-0.2, -0.15) is 0 Å². The second-order valence-corrected chi connectivity index (χ2v) is 10.3. The molecule has 228 valence electrons. The fourth-order valence-electron chi connectivity index (χ4n) is 5.76. The van der Waals surface area contributed by atoms with Crippen molar-refractivity contribution in [3.63, 3.8) is 0 Å². The van der Waals surface area contributed by atoms with Gasteiger partial charge in [-0.25, -0.2) is 9.78 Å². The number of carbonyl (C=O) groups excluding carboxylic acids is 2. The third-order valence-electron chi connectivity index (χ3n) is 7.96. The van der Waals surface area contributed by atoms with Gasteiger partial charge in [-0.05, 0) is 32.3 Å². The van der Waals surface area contributed by atoms with Gasteiger partial charge in [-0.15, -0.1) is 0 Å². The van der Waals surface area contributed by atoms with Gasteiger partial charge < -0.3 is 28.8 Å². The molecule has 3 unspecified atom stereocenters. The number of nitro benzene ring substituents is 1. The van der Waals surface area contributed by atoms with Crippen LogP contribution in [-0.2, 0) is 35.1 Å². The average Bonchev–Trinajstić information content (AvgIpc) is 3.49. The Bertz CT molecular complexity index is 1290. The summed E-state index contributed by atoms with van der Waals surface area (Å²) in [7, 11) is 2.63. The Morgan fingerprint density at radius 2 is 1.95 bits per heavy atom. The Balaban J connectivity index is 1.90. The number of methoxy groups -OCH3 is 2. The number of aliphatic carboxylic acids is 1. The normalized spacial score (nSPS) is 20.3. The van der Waals surface area contributed by atoms with Crippen molar-refractivity contribution in [1.29, 1.82) is 0 Å². The summed E-state index contributed by atoms with van der Waals surface area (Å²) in [4.78, 5) is 55.7. The molecule has 42 heavy (non-hydrogen) atoms. The number of non-ortho nitro benzene ring substituents is 1. The van der Waals surface area contributed by atoms with E-state index in [9.17, 15) is 29.6 Å². The summed E-state index contributed by atoms with van der Waals surface area (Å²) in [5.74, 6) is -3.62. The minimum atomic E-state index is -1.75. The highest BCUT2D eigenvalue weighted by atomic mass is 16.6. The molecule has 1 aliphatic rings. The topological polar surface area (TPSA) is 163 Å². The van der Waals surface area contributed by atoms with Crippen molar-refractivity contribution in [3.05, 3.63) is 69.9 Å². The molecular formula is C29H38N4O9. The lowest BCUT2D eigenvalue weighted by molar-refractivity contribution is -0.384. The first-order valence-corrected chi connectivity index (χ1v) is 13.7. The number of rotatable bonds is 15. The molecule has 1 aliphatic heterocycles. The molecule has 13 nitrogen and oxygen atoms in total. The Hall–Kier alpha value is -4.26. The van der Waals surface area contributed by atoms with Crippen molar-refractivity contribution >= 4 is 23.6 Å². The van der Waals surface area contributed by atoms with Crippen LogP contribution in [0, 0.1) is 15.5 Å². The molecule has 2 heterocycles. The van der Waals surface area contributed by atoms with Crippen molar-refractivity contribution in [1.82, 2.24) is 14.5 Å². The van der Waals surface area contributed by atoms with Crippen LogP contribution in [-0.4, -0.2) is 76.0 Å². The van der Waals surface area contributed by atoms with Gasteiger partial charge in [0, 0.05) is 68.7 Å². The second kappa shape index (κ2) is 14.6. The van der Waals surface area contributed by atoms with Crippen molar-refractivity contribution in [2.45, 2.75) is 64.5 Å². The maximum absolute atomic E-state index is 13.3. The van der Waals surface area contributed by atoms with Crippen LogP contribution in [0.1, 0.15) is 57.4 Å². The SMILES string of the molecule is COCN1C(C)=C(C(=O)OC)C(c2cccc([N+](=O)[O-])c2)C(CCOC(=O)CCCCCn2ccnc2)(C(=O)O)C1C. The second-order valence-electron chi connectivity index (χ2n) is 10.3. The summed E-state index contributed by atoms with van der Waals surface area (Å²) in [6, 6.07) is 4.80. The number of imidazole rings is 1. The molecule has 1 N–H and O–H groups in total. The summed E-state index contributed by atoms with van der Waals surface area (Å²) in [6.45, 7) is 3.88. The number of hydrogen-bond donors (Lipinski definition) is 1. The van der Waals surface area contributed by atoms with E-state index in [2.05, 4.69) is 4.98 Å². The van der Waals surface area contributed by atoms with Crippen molar-refractivity contribution in [2.75, 3.05) is 27.6 Å². The average molecular weight is 587 g/mol. The first-order chi connectivity index (χ1) is 20.1. The number of benzene rings is 1. The van der Waals surface area contributed by atoms with Gasteiger partial charge in [0.15, 0.2) is 0 Å². The van der Waals surface area contributed by atoms with Gasteiger partial charge in [-0.1, -0.05) is 18.6 Å². The highest BCUT2D eigenvalue weighted by molar-refractivity contribution is 5.94. The van der Waals surface area contributed by atoms with Crippen molar-refractivity contribution in [2.24, 2.45) is 5.41 Å². The van der Waals surface area contributed by atoms with Crippen molar-refractivity contribution < 1.29 is 38.6 Å². The molecule has 3 rings (SSSR count). The van der Waals surface area contributed by atoms with E-state index >= 15 is 0 Å². The van der Waals surface area contributed by atoms with E-state index in [1.807, 2.05) is 10.8 Å². The number of aryl methyl sites for hydroxylation is 1. The van der Waals surface area contributed by atoms with Crippen LogP contribution in [0.15, 0.2) is 54.3 Å². The van der Waals surface area contributed by atoms with Crippen LogP contribution in [0.4, 0.5) is 5.69 Å². The number of allylic oxidation sites excluding steroid dienone is 1. The number of nitro groups is 1. The van der Waals surface area contributed by atoms with E-state index in [1.54, 1.807) is 37.3 Å². The molecule has 0 radical (unpaired) electrons. The zero-order valence-corrected chi connectivity index (χ0v) is 24.4. The van der Waals surface area contributed by atoms with Gasteiger partial charge in [-0.3, -0.25) is 19.7 Å². The van der Waals surface area contributed by atoms with Gasteiger partial charge in [0.05, 0.1) is 30.5 Å². The Morgan fingerprint density at radius 1 is 1.19 bits per heavy atom. The number of carboxylic acids is 1. The summed E-state index contributed by atoms with van der Waals surface area (Å²) in [6.07, 6.45) is 7.60. The Morgan fingerprint density at radius 3 is 2.57 bits per heavy atom. The van der Waals surface area contributed by atoms with Gasteiger partial charge >= 0.3 is 17.9 Å². The summed E-state index contributed by atoms with van der Waals surface area (Å²) in [5, 5.41) is 22.4. The number of hydrogen-bond acceptors (Lipinski definition) is 10. The highest BCUT2D eigenvalue weighted by Crippen LogP contribution is 2.53. The molecule has 13 heteroatoms. The van der Waals surface area contributed by atoms with Crippen LogP contribution >= 0.6 is 0 Å². The Labute approximate surface area is 244 Å². The molecule has 0 aliphatic carbocycles. The maximum Gasteiger partial charge on any atom is 0.336 e. The molecule has 1 aromatic carbocycles. The number of esters is 2. The lowest BCUT2D eigenvalue weighted by Crippen LogP contribution is -2.58. The van der Waals surface area contributed by atoms with Crippen molar-refractivity contribution in [3.8, 4) is 0 Å². The molecule has 0 saturated heterocycles. The Kier molecular flexibility index (Phi) is 11.2. The number of carboxylic acid groups (broad SMARTS) is 1. The molecule has 0 saturated carbocycles. The summed E-state index contributed by atoms with van der Waals surface area (Å²) >= 11 is 0. The minimum Gasteiger partial charge on any atom is -0.481 e. The predicted octanol–water partition coefficient (Wildman–Crippen LogP) is 3.89. The lowest BCUT2D eigenvalue weighted by Gasteiger charge is -2.51. The number of unbranched alkanes of at least 4 members (excludes halogenated alkanes) is 2. The van der Waals surface area contributed by atoms with Crippen LogP contribution in [0.5, 0.6) is 0 Å². The molecule has 0 bridgehead atoms. The quantitative estimate of drug-likeness (QED) is 0.139. The zero-order chi connectivity index (χ0) is 30.9. The minimum absolute atomic E-state index is 0.0248. The van der Waals surface area contributed by atoms with Gasteiger partial charge in [0.2, 0.25) is 0 Å². The zero-order valence-electron chi connectivity index (χ0n) is 24.4. The van der Waals surface area contributed by atoms with E-state index in [-0.39, 0.29) is 43.0 Å². The molecule has 1 aromatic heterocycles. The van der Waals surface area contributed by atoms with Crippen LogP contribution in [0.25, 0.3) is 0 Å². The van der Waals surface area contributed by atoms with Crippen LogP contribution < -0.4 is 0 Å². The van der Waals surface area contributed by atoms with Gasteiger partial charge in [0.1, 0.15) is 12.1 Å². The van der Waals surface area contributed by atoms with E-state index in [0.29, 0.717) is 12.1 Å². The molecule has 0 fully saturated rings. The van der Waals surface area contributed by atoms with E-state index in [0.717, 1.165) is 19.4 Å². The maximum atomic E-state index is 13.3. The molecule has 2 aromatic rings. The molecule has 0 spiro atoms. The fourth-order valence-corrected chi connectivity index (χ4v) is 5.76. The van der Waals surface area contributed by atoms with Crippen LogP contribution in [0.3, 0.4) is 0 Å². The number of carbonyl (C=O) groups is 3. The fraction of sp³-hybridized carbons (Fsp3) is 0.517. The number of aromatic nitrogens is 2. The lowest BCUT2D eigenvalue weighted by atomic mass is 9.60. The van der Waals surface area contributed by atoms with E-state index < -0.39 is 40.2 Å². The van der Waals surface area contributed by atoms with E-state index in [4.69, 9.17) is 14.2 Å². The van der Waals surface area contributed by atoms with E-state index in [1.165, 1.54) is 32.4 Å². The number of ether oxygens (including phenoxy) is 3. The summed E-state index contributed by atoms with van der Waals surface area (Å²) < 4.78 is 17.9. The number of nitrogens with zero attached hydrogens (tertiary/aromatic N) is 4. The smallest absolute Gasteiger partial charge is 0.336 e. The monoisotopic (exact) mass is 586 g/mol.